The number of thiophene rings is 1. The highest BCUT2D eigenvalue weighted by molar-refractivity contribution is 7.13. The number of carbonyl (C=O) groups excluding carboxylic acids is 3. The first-order chi connectivity index (χ1) is 16.1. The fourth-order valence-corrected chi connectivity index (χ4v) is 4.10. The van der Waals surface area contributed by atoms with E-state index < -0.39 is 18.4 Å². The van der Waals surface area contributed by atoms with E-state index in [9.17, 15) is 14.4 Å². The molecule has 0 atom stereocenters. The summed E-state index contributed by atoms with van der Waals surface area (Å²) in [6.45, 7) is -0.520. The van der Waals surface area contributed by atoms with Gasteiger partial charge < -0.3 is 14.8 Å². The van der Waals surface area contributed by atoms with Gasteiger partial charge in [-0.2, -0.15) is 5.10 Å². The summed E-state index contributed by atoms with van der Waals surface area (Å²) in [6.07, 6.45) is 1.60. The van der Waals surface area contributed by atoms with Crippen molar-refractivity contribution in [1.29, 1.82) is 0 Å². The summed E-state index contributed by atoms with van der Waals surface area (Å²) in [5, 5.41) is 9.12. The molecule has 0 bridgehead atoms. The van der Waals surface area contributed by atoms with E-state index in [2.05, 4.69) is 10.4 Å². The minimum Gasteiger partial charge on any atom is -0.482 e. The summed E-state index contributed by atoms with van der Waals surface area (Å²) >= 11 is 1.45. The number of aromatic nitrogens is 2. The molecule has 164 valence electrons. The molecule has 2 aromatic carbocycles. The molecule has 3 heterocycles. The van der Waals surface area contributed by atoms with E-state index in [4.69, 9.17) is 9.47 Å². The molecule has 8 nitrogen and oxygen atoms in total. The maximum absolute atomic E-state index is 12.9. The van der Waals surface area contributed by atoms with Crippen LogP contribution in [-0.2, 0) is 9.53 Å². The Labute approximate surface area is 192 Å². The molecule has 0 radical (unpaired) electrons. The van der Waals surface area contributed by atoms with Crippen LogP contribution in [0.25, 0.3) is 16.3 Å². The zero-order valence-electron chi connectivity index (χ0n) is 17.2. The first-order valence-electron chi connectivity index (χ1n) is 10.0. The molecule has 2 aromatic heterocycles. The third kappa shape index (κ3) is 4.26. The smallest absolute Gasteiger partial charge is 0.342 e. The van der Waals surface area contributed by atoms with Crippen molar-refractivity contribution >= 4 is 34.7 Å². The Balaban J connectivity index is 1.36. The minimum atomic E-state index is -0.650. The summed E-state index contributed by atoms with van der Waals surface area (Å²) < 4.78 is 12.2. The van der Waals surface area contributed by atoms with Crippen LogP contribution < -0.4 is 10.1 Å². The van der Waals surface area contributed by atoms with Gasteiger partial charge in [-0.1, -0.05) is 24.3 Å². The number of carbonyl (C=O) groups is 3. The van der Waals surface area contributed by atoms with Gasteiger partial charge in [0.15, 0.2) is 19.0 Å². The Bertz CT molecular complexity index is 1350. The number of benzene rings is 2. The maximum Gasteiger partial charge on any atom is 0.342 e. The van der Waals surface area contributed by atoms with Crippen LogP contribution in [0.15, 0.2) is 72.2 Å². The lowest BCUT2D eigenvalue weighted by Crippen LogP contribution is -2.25. The number of para-hydroxylation sites is 1. The van der Waals surface area contributed by atoms with Crippen LogP contribution in [0.2, 0.25) is 0 Å². The predicted octanol–water partition coefficient (Wildman–Crippen LogP) is 3.97. The monoisotopic (exact) mass is 459 g/mol. The molecule has 9 heteroatoms. The van der Waals surface area contributed by atoms with Crippen LogP contribution in [0.1, 0.15) is 20.7 Å². The van der Waals surface area contributed by atoms with E-state index in [1.54, 1.807) is 23.0 Å². The number of amides is 1. The van der Waals surface area contributed by atoms with Crippen molar-refractivity contribution in [3.63, 3.8) is 0 Å². The Hall–Kier alpha value is -4.24. The van der Waals surface area contributed by atoms with E-state index in [0.29, 0.717) is 22.7 Å². The largest absolute Gasteiger partial charge is 0.482 e. The molecule has 1 aliphatic heterocycles. The summed E-state index contributed by atoms with van der Waals surface area (Å²) in [5.74, 6) is -0.866. The first-order valence-corrected chi connectivity index (χ1v) is 10.9. The number of hydrogen-bond donors (Lipinski definition) is 1. The van der Waals surface area contributed by atoms with Crippen molar-refractivity contribution in [2.24, 2.45) is 0 Å². The van der Waals surface area contributed by atoms with E-state index in [1.165, 1.54) is 17.4 Å². The van der Waals surface area contributed by atoms with Gasteiger partial charge in [-0.15, -0.1) is 11.3 Å². The molecule has 0 saturated carbocycles. The summed E-state index contributed by atoms with van der Waals surface area (Å²) in [5.41, 5.74) is 2.25. The molecule has 1 amide bonds. The lowest BCUT2D eigenvalue weighted by Gasteiger charge is -2.18. The molecule has 0 aliphatic carbocycles. The molecule has 5 rings (SSSR count). The number of hydrogen-bond acceptors (Lipinski definition) is 7. The van der Waals surface area contributed by atoms with E-state index in [-0.39, 0.29) is 18.1 Å². The number of ether oxygens (including phenoxy) is 2. The normalized spacial score (nSPS) is 12.4. The van der Waals surface area contributed by atoms with Crippen LogP contribution in [0.4, 0.5) is 5.69 Å². The summed E-state index contributed by atoms with van der Waals surface area (Å²) in [7, 11) is 0. The Kier molecular flexibility index (Phi) is 5.45. The number of anilines is 1. The zero-order valence-corrected chi connectivity index (χ0v) is 18.0. The highest BCUT2D eigenvalue weighted by Gasteiger charge is 2.23. The number of esters is 1. The molecule has 33 heavy (non-hydrogen) atoms. The van der Waals surface area contributed by atoms with Crippen LogP contribution in [0.3, 0.4) is 0 Å². The number of rotatable bonds is 6. The van der Waals surface area contributed by atoms with E-state index >= 15 is 0 Å². The topological polar surface area (TPSA) is 99.5 Å². The SMILES string of the molecule is O=C1COc2ccc(C(=O)COC(=O)c3cn(-c4ccccc4)nc3-c3cccs3)cc2N1. The molecule has 4 aromatic rings. The fraction of sp³-hybridized carbons (Fsp3) is 0.0833. The highest BCUT2D eigenvalue weighted by atomic mass is 32.1. The van der Waals surface area contributed by atoms with Crippen molar-refractivity contribution in [2.45, 2.75) is 0 Å². The van der Waals surface area contributed by atoms with Crippen molar-refractivity contribution in [1.82, 2.24) is 9.78 Å². The quantitative estimate of drug-likeness (QED) is 0.346. The maximum atomic E-state index is 12.9. The van der Waals surface area contributed by atoms with Gasteiger partial charge in [0.2, 0.25) is 0 Å². The molecule has 1 aliphatic rings. The van der Waals surface area contributed by atoms with Gasteiger partial charge >= 0.3 is 5.97 Å². The number of Topliss-reactive ketones (excluding diaryl/α,β-unsaturated/α-hetero) is 1. The molecule has 1 N–H and O–H groups in total. The Morgan fingerprint density at radius 2 is 1.97 bits per heavy atom. The van der Waals surface area contributed by atoms with Gasteiger partial charge in [0, 0.05) is 11.8 Å². The molecule has 0 fully saturated rings. The number of fused-ring (bicyclic) bond motifs is 1. The predicted molar refractivity (Wildman–Crippen MR) is 122 cm³/mol. The van der Waals surface area contributed by atoms with Gasteiger partial charge in [-0.25, -0.2) is 9.48 Å². The minimum absolute atomic E-state index is 0.0683. The summed E-state index contributed by atoms with van der Waals surface area (Å²) in [4.78, 5) is 37.9. The van der Waals surface area contributed by atoms with Crippen LogP contribution in [0, 0.1) is 0 Å². The summed E-state index contributed by atoms with van der Waals surface area (Å²) in [6, 6.07) is 17.8. The first kappa shape index (κ1) is 20.7. The van der Waals surface area contributed by atoms with Gasteiger partial charge in [0.05, 0.1) is 16.3 Å². The highest BCUT2D eigenvalue weighted by Crippen LogP contribution is 2.30. The lowest BCUT2D eigenvalue weighted by molar-refractivity contribution is -0.118. The van der Waals surface area contributed by atoms with Gasteiger partial charge in [0.1, 0.15) is 17.0 Å². The number of nitrogens with one attached hydrogen (secondary N) is 1. The van der Waals surface area contributed by atoms with Crippen molar-refractivity contribution in [3.05, 3.63) is 83.4 Å². The second-order valence-electron chi connectivity index (χ2n) is 7.20. The van der Waals surface area contributed by atoms with Crippen molar-refractivity contribution < 1.29 is 23.9 Å². The Morgan fingerprint density at radius 1 is 1.12 bits per heavy atom. The van der Waals surface area contributed by atoms with Crippen LogP contribution in [0.5, 0.6) is 5.75 Å². The molecule has 0 unspecified atom stereocenters. The second kappa shape index (κ2) is 8.71. The zero-order chi connectivity index (χ0) is 22.8. The van der Waals surface area contributed by atoms with Gasteiger partial charge in [-0.05, 0) is 41.8 Å². The van der Waals surface area contributed by atoms with Gasteiger partial charge in [0.25, 0.3) is 5.91 Å². The number of nitrogens with zero attached hydrogens (tertiary/aromatic N) is 2. The third-order valence-electron chi connectivity index (χ3n) is 4.98. The standard InChI is InChI=1S/C24H17N3O5S/c28-19(15-8-9-20-18(11-15)25-22(29)14-31-20)13-32-24(30)17-12-27(16-5-2-1-3-6-16)26-23(17)21-7-4-10-33-21/h1-12H,13-14H2,(H,25,29). The van der Waals surface area contributed by atoms with Crippen LogP contribution in [-0.4, -0.2) is 40.7 Å². The molecule has 0 saturated heterocycles. The van der Waals surface area contributed by atoms with E-state index in [0.717, 1.165) is 10.6 Å². The third-order valence-corrected chi connectivity index (χ3v) is 5.85. The van der Waals surface area contributed by atoms with Crippen molar-refractivity contribution in [3.8, 4) is 22.0 Å². The second-order valence-corrected chi connectivity index (χ2v) is 8.14. The fourth-order valence-electron chi connectivity index (χ4n) is 3.38. The lowest BCUT2D eigenvalue weighted by atomic mass is 10.1. The molecule has 0 spiro atoms. The van der Waals surface area contributed by atoms with Crippen molar-refractivity contribution in [2.75, 3.05) is 18.5 Å². The molecular formula is C24H17N3O5S. The average Bonchev–Trinajstić information content (AvgIpc) is 3.52. The van der Waals surface area contributed by atoms with Gasteiger partial charge in [-0.3, -0.25) is 9.59 Å². The Morgan fingerprint density at radius 3 is 2.76 bits per heavy atom. The van der Waals surface area contributed by atoms with E-state index in [1.807, 2.05) is 47.8 Å². The number of ketones is 1. The molecular weight excluding hydrogens is 442 g/mol. The van der Waals surface area contributed by atoms with Crippen LogP contribution >= 0.6 is 11.3 Å². The average molecular weight is 459 g/mol.